The predicted octanol–water partition coefficient (Wildman–Crippen LogP) is 1.71. The number of carbonyl (C=O) groups excluding carboxylic acids is 1. The van der Waals surface area contributed by atoms with Gasteiger partial charge in [0.05, 0.1) is 0 Å². The van der Waals surface area contributed by atoms with Crippen molar-refractivity contribution in [3.05, 3.63) is 29.8 Å². The third-order valence-electron chi connectivity index (χ3n) is 3.50. The summed E-state index contributed by atoms with van der Waals surface area (Å²) in [5.41, 5.74) is 6.97. The van der Waals surface area contributed by atoms with Crippen LogP contribution in [0.15, 0.2) is 24.3 Å². The smallest absolute Gasteiger partial charge is 0.263 e. The molecule has 1 heterocycles. The molecule has 1 atom stereocenters. The number of hydrogen-bond acceptors (Lipinski definition) is 3. The Hall–Kier alpha value is -1.55. The molecule has 0 radical (unpaired) electrons. The van der Waals surface area contributed by atoms with Gasteiger partial charge < -0.3 is 15.4 Å². The van der Waals surface area contributed by atoms with Crippen molar-refractivity contribution in [2.75, 3.05) is 13.1 Å². The average Bonchev–Trinajstić information content (AvgIpc) is 2.39. The van der Waals surface area contributed by atoms with Gasteiger partial charge in [0.25, 0.3) is 5.91 Å². The van der Waals surface area contributed by atoms with Crippen molar-refractivity contribution in [3.8, 4) is 5.75 Å². The number of hydrogen-bond donors (Lipinski definition) is 1. The number of aryl methyl sites for hydroxylation is 1. The maximum Gasteiger partial charge on any atom is 0.263 e. The van der Waals surface area contributed by atoms with Gasteiger partial charge in [0.1, 0.15) is 5.75 Å². The minimum atomic E-state index is -0.448. The molecule has 19 heavy (non-hydrogen) atoms. The van der Waals surface area contributed by atoms with Gasteiger partial charge in [-0.2, -0.15) is 0 Å². The molecule has 1 aromatic carbocycles. The fraction of sp³-hybridized carbons (Fsp3) is 0.533. The summed E-state index contributed by atoms with van der Waals surface area (Å²) in [4.78, 5) is 14.1. The van der Waals surface area contributed by atoms with E-state index in [-0.39, 0.29) is 11.9 Å². The summed E-state index contributed by atoms with van der Waals surface area (Å²) in [5, 5.41) is 0. The van der Waals surface area contributed by atoms with Crippen molar-refractivity contribution < 1.29 is 9.53 Å². The normalized spacial score (nSPS) is 18.2. The molecule has 1 aliphatic heterocycles. The minimum Gasteiger partial charge on any atom is -0.481 e. The lowest BCUT2D eigenvalue weighted by Crippen LogP contribution is -2.47. The van der Waals surface area contributed by atoms with Crippen LogP contribution in [-0.2, 0) is 4.79 Å². The number of carbonyl (C=O) groups is 1. The van der Waals surface area contributed by atoms with Gasteiger partial charge in [0.15, 0.2) is 6.10 Å². The van der Waals surface area contributed by atoms with Crippen molar-refractivity contribution in [3.63, 3.8) is 0 Å². The van der Waals surface area contributed by atoms with Crippen LogP contribution in [0.4, 0.5) is 0 Å². The molecule has 1 unspecified atom stereocenters. The zero-order chi connectivity index (χ0) is 13.8. The Bertz CT molecular complexity index is 440. The molecule has 2 N–H and O–H groups in total. The Morgan fingerprint density at radius 3 is 2.74 bits per heavy atom. The Balaban J connectivity index is 1.92. The monoisotopic (exact) mass is 262 g/mol. The Labute approximate surface area is 114 Å². The molecule has 1 amide bonds. The molecule has 104 valence electrons. The van der Waals surface area contributed by atoms with E-state index in [1.54, 1.807) is 6.92 Å². The van der Waals surface area contributed by atoms with Crippen molar-refractivity contribution >= 4 is 5.91 Å². The molecule has 0 aromatic heterocycles. The number of likely N-dealkylation sites (tertiary alicyclic amines) is 1. The van der Waals surface area contributed by atoms with E-state index in [0.29, 0.717) is 0 Å². The molecule has 0 saturated carbocycles. The number of rotatable bonds is 3. The lowest BCUT2D eigenvalue weighted by Gasteiger charge is -2.32. The first-order valence-corrected chi connectivity index (χ1v) is 6.84. The fourth-order valence-electron chi connectivity index (χ4n) is 2.32. The van der Waals surface area contributed by atoms with Crippen LogP contribution in [-0.4, -0.2) is 36.0 Å². The molecule has 0 spiro atoms. The molecule has 1 aliphatic rings. The van der Waals surface area contributed by atoms with Gasteiger partial charge >= 0.3 is 0 Å². The lowest BCUT2D eigenvalue weighted by molar-refractivity contribution is -0.139. The van der Waals surface area contributed by atoms with Gasteiger partial charge in [-0.05, 0) is 44.4 Å². The number of nitrogens with zero attached hydrogens (tertiary/aromatic N) is 1. The zero-order valence-corrected chi connectivity index (χ0v) is 11.6. The van der Waals surface area contributed by atoms with Gasteiger partial charge in [-0.25, -0.2) is 0 Å². The molecule has 4 heteroatoms. The van der Waals surface area contributed by atoms with E-state index in [0.717, 1.165) is 37.2 Å². The highest BCUT2D eigenvalue weighted by molar-refractivity contribution is 5.81. The summed E-state index contributed by atoms with van der Waals surface area (Å²) in [5.74, 6) is 0.794. The highest BCUT2D eigenvalue weighted by Gasteiger charge is 2.25. The van der Waals surface area contributed by atoms with Crippen molar-refractivity contribution in [2.45, 2.75) is 38.8 Å². The molecule has 1 saturated heterocycles. The number of ether oxygens (including phenoxy) is 1. The fourth-order valence-corrected chi connectivity index (χ4v) is 2.32. The maximum atomic E-state index is 12.3. The van der Waals surface area contributed by atoms with E-state index < -0.39 is 6.10 Å². The number of piperidine rings is 1. The van der Waals surface area contributed by atoms with Gasteiger partial charge in [-0.15, -0.1) is 0 Å². The molecule has 1 fully saturated rings. The standard InChI is InChI=1S/C15H22N2O2/c1-11-4-3-5-14(10-11)19-12(2)15(18)17-8-6-13(16)7-9-17/h3-5,10,12-13H,6-9,16H2,1-2H3. The van der Waals surface area contributed by atoms with Crippen LogP contribution in [0.2, 0.25) is 0 Å². The van der Waals surface area contributed by atoms with E-state index in [1.807, 2.05) is 36.1 Å². The quantitative estimate of drug-likeness (QED) is 0.902. The molecular formula is C15H22N2O2. The first-order valence-electron chi connectivity index (χ1n) is 6.84. The summed E-state index contributed by atoms with van der Waals surface area (Å²) in [7, 11) is 0. The van der Waals surface area contributed by atoms with Crippen LogP contribution < -0.4 is 10.5 Å². The van der Waals surface area contributed by atoms with Crippen LogP contribution in [0.1, 0.15) is 25.3 Å². The van der Waals surface area contributed by atoms with E-state index >= 15 is 0 Å². The third-order valence-corrected chi connectivity index (χ3v) is 3.50. The molecule has 4 nitrogen and oxygen atoms in total. The molecular weight excluding hydrogens is 240 g/mol. The lowest BCUT2D eigenvalue weighted by atomic mass is 10.1. The van der Waals surface area contributed by atoms with Gasteiger partial charge in [0.2, 0.25) is 0 Å². The van der Waals surface area contributed by atoms with Crippen LogP contribution in [0.5, 0.6) is 5.75 Å². The summed E-state index contributed by atoms with van der Waals surface area (Å²) >= 11 is 0. The van der Waals surface area contributed by atoms with E-state index in [4.69, 9.17) is 10.5 Å². The van der Waals surface area contributed by atoms with Gasteiger partial charge in [0, 0.05) is 19.1 Å². The number of amides is 1. The van der Waals surface area contributed by atoms with Crippen LogP contribution in [0.3, 0.4) is 0 Å². The summed E-state index contributed by atoms with van der Waals surface area (Å²) < 4.78 is 5.71. The SMILES string of the molecule is Cc1cccc(OC(C)C(=O)N2CCC(N)CC2)c1. The average molecular weight is 262 g/mol. The van der Waals surface area contributed by atoms with E-state index in [2.05, 4.69) is 0 Å². The number of benzene rings is 1. The highest BCUT2D eigenvalue weighted by Crippen LogP contribution is 2.16. The van der Waals surface area contributed by atoms with Crippen molar-refractivity contribution in [1.82, 2.24) is 4.90 Å². The van der Waals surface area contributed by atoms with E-state index in [9.17, 15) is 4.79 Å². The summed E-state index contributed by atoms with van der Waals surface area (Å²) in [6, 6.07) is 7.99. The first kappa shape index (κ1) is 13.9. The van der Waals surface area contributed by atoms with Gasteiger partial charge in [-0.1, -0.05) is 12.1 Å². The predicted molar refractivity (Wildman–Crippen MR) is 75.1 cm³/mol. The topological polar surface area (TPSA) is 55.6 Å². The molecule has 2 rings (SSSR count). The highest BCUT2D eigenvalue weighted by atomic mass is 16.5. The van der Waals surface area contributed by atoms with Crippen molar-refractivity contribution in [2.24, 2.45) is 5.73 Å². The second-order valence-corrected chi connectivity index (χ2v) is 5.24. The Morgan fingerprint density at radius 1 is 1.42 bits per heavy atom. The summed E-state index contributed by atoms with van der Waals surface area (Å²) in [6.07, 6.45) is 1.31. The minimum absolute atomic E-state index is 0.0495. The summed E-state index contributed by atoms with van der Waals surface area (Å²) in [6.45, 7) is 5.29. The second-order valence-electron chi connectivity index (χ2n) is 5.24. The zero-order valence-electron chi connectivity index (χ0n) is 11.6. The second kappa shape index (κ2) is 6.06. The molecule has 1 aromatic rings. The molecule has 0 bridgehead atoms. The first-order chi connectivity index (χ1) is 9.06. The Morgan fingerprint density at radius 2 is 2.11 bits per heavy atom. The van der Waals surface area contributed by atoms with Crippen LogP contribution >= 0.6 is 0 Å². The van der Waals surface area contributed by atoms with E-state index in [1.165, 1.54) is 0 Å². The third kappa shape index (κ3) is 3.70. The van der Waals surface area contributed by atoms with Crippen molar-refractivity contribution in [1.29, 1.82) is 0 Å². The maximum absolute atomic E-state index is 12.3. The van der Waals surface area contributed by atoms with Crippen LogP contribution in [0.25, 0.3) is 0 Å². The Kier molecular flexibility index (Phi) is 4.43. The van der Waals surface area contributed by atoms with Crippen LogP contribution in [0, 0.1) is 6.92 Å². The van der Waals surface area contributed by atoms with Gasteiger partial charge in [-0.3, -0.25) is 4.79 Å². The largest absolute Gasteiger partial charge is 0.481 e. The molecule has 0 aliphatic carbocycles. The number of nitrogens with two attached hydrogens (primary N) is 1.